The van der Waals surface area contributed by atoms with Gasteiger partial charge in [0.2, 0.25) is 0 Å². The fourth-order valence-corrected chi connectivity index (χ4v) is 3.37. The van der Waals surface area contributed by atoms with Crippen molar-refractivity contribution in [1.29, 1.82) is 0 Å². The van der Waals surface area contributed by atoms with Gasteiger partial charge in [0.05, 0.1) is 5.56 Å². The van der Waals surface area contributed by atoms with Crippen LogP contribution in [0.3, 0.4) is 0 Å². The van der Waals surface area contributed by atoms with E-state index in [1.807, 2.05) is 24.3 Å². The van der Waals surface area contributed by atoms with Gasteiger partial charge in [0.15, 0.2) is 17.5 Å². The Kier molecular flexibility index (Phi) is 5.26. The lowest BCUT2D eigenvalue weighted by Gasteiger charge is -2.25. The zero-order valence-electron chi connectivity index (χ0n) is 15.3. The first-order valence-electron chi connectivity index (χ1n) is 9.28. The van der Waals surface area contributed by atoms with E-state index in [9.17, 15) is 22.0 Å². The summed E-state index contributed by atoms with van der Waals surface area (Å²) >= 11 is 0. The number of hydrogen-bond donors (Lipinski definition) is 0. The van der Waals surface area contributed by atoms with Crippen molar-refractivity contribution >= 4 is 0 Å². The molecule has 0 saturated heterocycles. The summed E-state index contributed by atoms with van der Waals surface area (Å²) in [5, 5.41) is 0. The lowest BCUT2D eigenvalue weighted by molar-refractivity contribution is 0.287. The lowest BCUT2D eigenvalue weighted by Crippen LogP contribution is -2.08. The first-order valence-corrected chi connectivity index (χ1v) is 9.28. The lowest BCUT2D eigenvalue weighted by atomic mass is 9.80. The predicted molar refractivity (Wildman–Crippen MR) is 99.0 cm³/mol. The molecule has 6 heteroatoms. The number of rotatable bonds is 5. The highest BCUT2D eigenvalue weighted by Gasteiger charge is 2.19. The summed E-state index contributed by atoms with van der Waals surface area (Å²) in [6, 6.07) is 11.2. The number of halogens is 5. The second kappa shape index (κ2) is 7.85. The van der Waals surface area contributed by atoms with Crippen LogP contribution in [0.15, 0.2) is 48.5 Å². The van der Waals surface area contributed by atoms with Crippen molar-refractivity contribution in [3.05, 3.63) is 88.7 Å². The van der Waals surface area contributed by atoms with Crippen LogP contribution in [0, 0.1) is 29.1 Å². The van der Waals surface area contributed by atoms with Crippen LogP contribution < -0.4 is 4.74 Å². The summed E-state index contributed by atoms with van der Waals surface area (Å²) in [6.45, 7) is -0.594. The minimum absolute atomic E-state index is 0.365. The van der Waals surface area contributed by atoms with E-state index in [0.717, 1.165) is 0 Å². The second-order valence-electron chi connectivity index (χ2n) is 7.16. The van der Waals surface area contributed by atoms with E-state index in [0.29, 0.717) is 29.2 Å². The highest BCUT2D eigenvalue weighted by Crippen LogP contribution is 2.37. The van der Waals surface area contributed by atoms with Gasteiger partial charge in [0, 0.05) is 12.1 Å². The summed E-state index contributed by atoms with van der Waals surface area (Å²) in [7, 11) is 0. The fraction of sp³-hybridized carbons (Fsp3) is 0.217. The van der Waals surface area contributed by atoms with Gasteiger partial charge < -0.3 is 4.74 Å². The summed E-state index contributed by atoms with van der Waals surface area (Å²) in [6.07, 6.45) is 3.56. The molecule has 0 atom stereocenters. The third-order valence-electron chi connectivity index (χ3n) is 5.30. The first kappa shape index (κ1) is 19.4. The van der Waals surface area contributed by atoms with E-state index in [1.165, 1.54) is 37.0 Å². The molecule has 0 N–H and O–H groups in total. The molecular formula is C23H17F5O. The number of ether oxygens (including phenoxy) is 1. The molecule has 1 fully saturated rings. The Morgan fingerprint density at radius 1 is 0.724 bits per heavy atom. The molecule has 3 aromatic rings. The Labute approximate surface area is 164 Å². The van der Waals surface area contributed by atoms with Gasteiger partial charge in [-0.25, -0.2) is 22.0 Å². The smallest absolute Gasteiger partial charge is 0.194 e. The normalized spacial score (nSPS) is 14.0. The van der Waals surface area contributed by atoms with Gasteiger partial charge in [-0.15, -0.1) is 0 Å². The zero-order valence-corrected chi connectivity index (χ0v) is 15.3. The molecule has 3 aromatic carbocycles. The molecule has 0 radical (unpaired) electrons. The van der Waals surface area contributed by atoms with Crippen LogP contribution in [0.2, 0.25) is 0 Å². The number of hydrogen-bond acceptors (Lipinski definition) is 1. The van der Waals surface area contributed by atoms with Crippen LogP contribution in [0.25, 0.3) is 11.1 Å². The second-order valence-corrected chi connectivity index (χ2v) is 7.16. The molecule has 29 heavy (non-hydrogen) atoms. The average Bonchev–Trinajstić information content (AvgIpc) is 2.64. The van der Waals surface area contributed by atoms with Crippen LogP contribution in [-0.2, 0) is 6.61 Å². The van der Waals surface area contributed by atoms with Gasteiger partial charge in [-0.05, 0) is 47.6 Å². The molecule has 1 nitrogen and oxygen atoms in total. The van der Waals surface area contributed by atoms with Crippen LogP contribution in [0.1, 0.15) is 36.3 Å². The van der Waals surface area contributed by atoms with Crippen molar-refractivity contribution in [3.8, 4) is 16.9 Å². The Bertz CT molecular complexity index is 996. The van der Waals surface area contributed by atoms with E-state index in [2.05, 4.69) is 0 Å². The largest absolute Gasteiger partial charge is 0.488 e. The van der Waals surface area contributed by atoms with Gasteiger partial charge in [-0.1, -0.05) is 30.7 Å². The van der Waals surface area contributed by atoms with E-state index in [-0.39, 0.29) is 11.3 Å². The standard InChI is InChI=1S/C23H17F5O/c24-19-8-16(15-6-4-14(5-7-15)13-2-1-3-13)9-20(25)18(19)12-29-17-10-21(26)23(28)22(27)11-17/h4-11,13H,1-3,12H2. The van der Waals surface area contributed by atoms with Crippen LogP contribution >= 0.6 is 0 Å². The average molecular weight is 404 g/mol. The van der Waals surface area contributed by atoms with Gasteiger partial charge in [0.25, 0.3) is 0 Å². The molecule has 0 aromatic heterocycles. The van der Waals surface area contributed by atoms with E-state index < -0.39 is 35.7 Å². The van der Waals surface area contributed by atoms with Crippen molar-refractivity contribution in [2.45, 2.75) is 31.8 Å². The molecule has 1 aliphatic carbocycles. The van der Waals surface area contributed by atoms with Crippen LogP contribution in [0.5, 0.6) is 5.75 Å². The quantitative estimate of drug-likeness (QED) is 0.332. The summed E-state index contributed by atoms with van der Waals surface area (Å²) in [5.41, 5.74) is 1.90. The van der Waals surface area contributed by atoms with Crippen molar-refractivity contribution < 1.29 is 26.7 Å². The van der Waals surface area contributed by atoms with Gasteiger partial charge >= 0.3 is 0 Å². The Morgan fingerprint density at radius 2 is 1.31 bits per heavy atom. The van der Waals surface area contributed by atoms with E-state index >= 15 is 0 Å². The highest BCUT2D eigenvalue weighted by molar-refractivity contribution is 5.64. The minimum atomic E-state index is -1.64. The molecule has 0 aliphatic heterocycles. The van der Waals surface area contributed by atoms with Crippen LogP contribution in [0.4, 0.5) is 22.0 Å². The predicted octanol–water partition coefficient (Wildman–Crippen LogP) is 6.90. The molecule has 1 saturated carbocycles. The topological polar surface area (TPSA) is 9.23 Å². The molecule has 0 bridgehead atoms. The molecular weight excluding hydrogens is 387 g/mol. The Balaban J connectivity index is 1.52. The third-order valence-corrected chi connectivity index (χ3v) is 5.30. The van der Waals surface area contributed by atoms with Crippen molar-refractivity contribution in [3.63, 3.8) is 0 Å². The number of benzene rings is 3. The van der Waals surface area contributed by atoms with Gasteiger partial charge in [-0.2, -0.15) is 0 Å². The minimum Gasteiger partial charge on any atom is -0.488 e. The van der Waals surface area contributed by atoms with Gasteiger partial charge in [-0.3, -0.25) is 0 Å². The van der Waals surface area contributed by atoms with Crippen molar-refractivity contribution in [2.75, 3.05) is 0 Å². The maximum Gasteiger partial charge on any atom is 0.194 e. The van der Waals surface area contributed by atoms with E-state index in [1.54, 1.807) is 0 Å². The molecule has 0 spiro atoms. The summed E-state index contributed by atoms with van der Waals surface area (Å²) in [5.74, 6) is -6.00. The zero-order chi connectivity index (χ0) is 20.5. The summed E-state index contributed by atoms with van der Waals surface area (Å²) in [4.78, 5) is 0. The summed E-state index contributed by atoms with van der Waals surface area (Å²) < 4.78 is 73.4. The maximum absolute atomic E-state index is 14.5. The van der Waals surface area contributed by atoms with E-state index in [4.69, 9.17) is 4.74 Å². The highest BCUT2D eigenvalue weighted by atomic mass is 19.2. The fourth-order valence-electron chi connectivity index (χ4n) is 3.37. The Morgan fingerprint density at radius 3 is 1.83 bits per heavy atom. The monoisotopic (exact) mass is 404 g/mol. The van der Waals surface area contributed by atoms with Gasteiger partial charge in [0.1, 0.15) is 24.0 Å². The molecule has 4 rings (SSSR count). The van der Waals surface area contributed by atoms with Crippen LogP contribution in [-0.4, -0.2) is 0 Å². The van der Waals surface area contributed by atoms with Crippen molar-refractivity contribution in [2.24, 2.45) is 0 Å². The molecule has 0 amide bonds. The third kappa shape index (κ3) is 3.97. The molecule has 0 unspecified atom stereocenters. The molecule has 1 aliphatic rings. The first-order chi connectivity index (χ1) is 13.9. The SMILES string of the molecule is Fc1cc(OCc2c(F)cc(-c3ccc(C4CCC4)cc3)cc2F)cc(F)c1F. The maximum atomic E-state index is 14.5. The molecule has 150 valence electrons. The Hall–Kier alpha value is -2.89. The van der Waals surface area contributed by atoms with Crippen molar-refractivity contribution in [1.82, 2.24) is 0 Å². The molecule has 0 heterocycles.